The highest BCUT2D eigenvalue weighted by Crippen LogP contribution is 2.29. The molecule has 0 fully saturated rings. The monoisotopic (exact) mass is 420 g/mol. The van der Waals surface area contributed by atoms with Gasteiger partial charge in [0.2, 0.25) is 11.8 Å². The third-order valence-corrected chi connectivity index (χ3v) is 5.52. The lowest BCUT2D eigenvalue weighted by molar-refractivity contribution is 0.485. The summed E-state index contributed by atoms with van der Waals surface area (Å²) in [5, 5.41) is 9.34. The minimum Gasteiger partial charge on any atom is -0.420 e. The number of aromatic nitrogens is 4. The quantitative estimate of drug-likeness (QED) is 0.508. The van der Waals surface area contributed by atoms with Crippen LogP contribution in [0.4, 0.5) is 0 Å². The number of nitrogens with zero attached hydrogens (tertiary/aromatic N) is 4. The van der Waals surface area contributed by atoms with Gasteiger partial charge in [-0.15, -0.1) is 10.2 Å². The maximum Gasteiger partial charge on any atom is 0.248 e. The fourth-order valence-corrected chi connectivity index (χ4v) is 3.89. The van der Waals surface area contributed by atoms with E-state index < -0.39 is 0 Å². The topological polar surface area (TPSA) is 56.7 Å². The Kier molecular flexibility index (Phi) is 5.64. The summed E-state index contributed by atoms with van der Waals surface area (Å²) in [6.45, 7) is 9.55. The summed E-state index contributed by atoms with van der Waals surface area (Å²) in [5.41, 5.74) is 3.19. The summed E-state index contributed by atoms with van der Waals surface area (Å²) >= 11 is 5.15. The van der Waals surface area contributed by atoms with Crippen molar-refractivity contribution in [2.24, 2.45) is 5.92 Å². The van der Waals surface area contributed by atoms with E-state index in [1.165, 1.54) is 5.69 Å². The van der Waals surface area contributed by atoms with Gasteiger partial charge in [0.15, 0.2) is 5.16 Å². The molecule has 3 rings (SSSR count). The number of rotatable bonds is 6. The van der Waals surface area contributed by atoms with E-state index >= 15 is 0 Å². The van der Waals surface area contributed by atoms with Gasteiger partial charge in [-0.3, -0.25) is 0 Å². The van der Waals surface area contributed by atoms with Crippen molar-refractivity contribution < 1.29 is 4.42 Å². The largest absolute Gasteiger partial charge is 0.420 e. The van der Waals surface area contributed by atoms with Crippen LogP contribution >= 0.6 is 27.7 Å². The smallest absolute Gasteiger partial charge is 0.248 e. The minimum absolute atomic E-state index is 0.529. The number of thioether (sulfide) groups is 1. The van der Waals surface area contributed by atoms with Gasteiger partial charge >= 0.3 is 0 Å². The highest BCUT2D eigenvalue weighted by atomic mass is 79.9. The van der Waals surface area contributed by atoms with E-state index in [-0.39, 0.29) is 0 Å². The molecule has 5 nitrogen and oxygen atoms in total. The Morgan fingerprint density at radius 1 is 1.20 bits per heavy atom. The number of hydrogen-bond donors (Lipinski definition) is 0. The van der Waals surface area contributed by atoms with Crippen molar-refractivity contribution >= 4 is 27.7 Å². The highest BCUT2D eigenvalue weighted by Gasteiger charge is 2.15. The van der Waals surface area contributed by atoms with Crippen molar-refractivity contribution in [3.8, 4) is 11.5 Å². The molecule has 7 heteroatoms. The number of benzene rings is 1. The van der Waals surface area contributed by atoms with E-state index in [4.69, 9.17) is 4.42 Å². The van der Waals surface area contributed by atoms with Crippen LogP contribution in [0.15, 0.2) is 38.3 Å². The van der Waals surface area contributed by atoms with Crippen molar-refractivity contribution in [1.82, 2.24) is 19.7 Å². The third-order valence-electron chi connectivity index (χ3n) is 3.87. The van der Waals surface area contributed by atoms with Gasteiger partial charge in [0.05, 0.1) is 17.0 Å². The van der Waals surface area contributed by atoms with Gasteiger partial charge in [0, 0.05) is 16.7 Å². The van der Waals surface area contributed by atoms with Crippen LogP contribution in [0.5, 0.6) is 0 Å². The van der Waals surface area contributed by atoms with E-state index in [9.17, 15) is 0 Å². The number of imidazole rings is 1. The summed E-state index contributed by atoms with van der Waals surface area (Å²) in [6.07, 6.45) is 0. The Morgan fingerprint density at radius 3 is 2.68 bits per heavy atom. The van der Waals surface area contributed by atoms with Crippen molar-refractivity contribution in [3.05, 3.63) is 46.0 Å². The van der Waals surface area contributed by atoms with E-state index in [2.05, 4.69) is 56.4 Å². The van der Waals surface area contributed by atoms with Crippen molar-refractivity contribution in [1.29, 1.82) is 0 Å². The van der Waals surface area contributed by atoms with E-state index in [0.717, 1.165) is 27.4 Å². The lowest BCUT2D eigenvalue weighted by atomic mass is 10.2. The van der Waals surface area contributed by atoms with Crippen molar-refractivity contribution in [2.45, 2.75) is 45.1 Å². The first kappa shape index (κ1) is 18.2. The zero-order valence-electron chi connectivity index (χ0n) is 14.8. The molecule has 1 aromatic carbocycles. The van der Waals surface area contributed by atoms with E-state index in [0.29, 0.717) is 23.5 Å². The van der Waals surface area contributed by atoms with Gasteiger partial charge in [0.1, 0.15) is 0 Å². The van der Waals surface area contributed by atoms with Gasteiger partial charge in [0.25, 0.3) is 0 Å². The molecule has 2 aromatic heterocycles. The average molecular weight is 421 g/mol. The molecule has 0 aliphatic rings. The maximum atomic E-state index is 5.82. The summed E-state index contributed by atoms with van der Waals surface area (Å²) in [6, 6.07) is 7.83. The average Bonchev–Trinajstić information content (AvgIpc) is 3.13. The van der Waals surface area contributed by atoms with Crippen LogP contribution in [-0.2, 0) is 12.3 Å². The summed E-state index contributed by atoms with van der Waals surface area (Å²) in [5.74, 6) is 2.30. The summed E-state index contributed by atoms with van der Waals surface area (Å²) in [4.78, 5) is 4.69. The SMILES string of the molecule is Cc1nc(SCc2nnc(-c3ccccc3Br)o2)n(CC(C)C)c1C. The second kappa shape index (κ2) is 7.74. The predicted octanol–water partition coefficient (Wildman–Crippen LogP) is 5.26. The zero-order valence-corrected chi connectivity index (χ0v) is 17.2. The molecular weight excluding hydrogens is 400 g/mol. The molecule has 0 aliphatic heterocycles. The van der Waals surface area contributed by atoms with Gasteiger partial charge in [-0.2, -0.15) is 0 Å². The van der Waals surface area contributed by atoms with Gasteiger partial charge in [-0.05, 0) is 47.8 Å². The first-order chi connectivity index (χ1) is 12.0. The van der Waals surface area contributed by atoms with Gasteiger partial charge < -0.3 is 8.98 Å². The molecule has 0 aliphatic carbocycles. The second-order valence-corrected chi connectivity index (χ2v) is 8.14. The Hall–Kier alpha value is -1.60. The molecule has 3 aromatic rings. The molecular formula is C18H21BrN4OS. The molecule has 2 heterocycles. The molecule has 0 saturated heterocycles. The normalized spacial score (nSPS) is 11.4. The second-order valence-electron chi connectivity index (χ2n) is 6.34. The molecule has 0 amide bonds. The number of hydrogen-bond acceptors (Lipinski definition) is 5. The molecule has 132 valence electrons. The van der Waals surface area contributed by atoms with Crippen LogP contribution in [0, 0.1) is 19.8 Å². The van der Waals surface area contributed by atoms with Crippen molar-refractivity contribution in [3.63, 3.8) is 0 Å². The Balaban J connectivity index is 1.75. The third kappa shape index (κ3) is 4.15. The van der Waals surface area contributed by atoms with Gasteiger partial charge in [-0.1, -0.05) is 37.7 Å². The molecule has 0 atom stereocenters. The van der Waals surface area contributed by atoms with E-state index in [1.807, 2.05) is 31.2 Å². The van der Waals surface area contributed by atoms with Crippen LogP contribution in [-0.4, -0.2) is 19.7 Å². The number of aryl methyl sites for hydroxylation is 1. The first-order valence-electron chi connectivity index (χ1n) is 8.19. The fourth-order valence-electron chi connectivity index (χ4n) is 2.50. The van der Waals surface area contributed by atoms with Gasteiger partial charge in [-0.25, -0.2) is 4.98 Å². The molecule has 0 spiro atoms. The lowest BCUT2D eigenvalue weighted by Gasteiger charge is -2.11. The Morgan fingerprint density at radius 2 is 1.96 bits per heavy atom. The van der Waals surface area contributed by atoms with Crippen LogP contribution in [0.1, 0.15) is 31.1 Å². The standard InChI is InChI=1S/C18H21BrN4OS/c1-11(2)9-23-13(4)12(3)20-18(23)25-10-16-21-22-17(24-16)14-7-5-6-8-15(14)19/h5-8,11H,9-10H2,1-4H3. The van der Waals surface area contributed by atoms with Crippen LogP contribution in [0.2, 0.25) is 0 Å². The Labute approximate surface area is 160 Å². The van der Waals surface area contributed by atoms with Crippen LogP contribution in [0.3, 0.4) is 0 Å². The van der Waals surface area contributed by atoms with Crippen LogP contribution < -0.4 is 0 Å². The molecule has 0 radical (unpaired) electrons. The molecule has 0 bridgehead atoms. The molecule has 0 saturated carbocycles. The van der Waals surface area contributed by atoms with Crippen molar-refractivity contribution in [2.75, 3.05) is 0 Å². The Bertz CT molecular complexity index is 872. The molecule has 25 heavy (non-hydrogen) atoms. The molecule has 0 unspecified atom stereocenters. The summed E-state index contributed by atoms with van der Waals surface area (Å²) in [7, 11) is 0. The summed E-state index contributed by atoms with van der Waals surface area (Å²) < 4.78 is 9.03. The van der Waals surface area contributed by atoms with Crippen LogP contribution in [0.25, 0.3) is 11.5 Å². The predicted molar refractivity (Wildman–Crippen MR) is 104 cm³/mol. The zero-order chi connectivity index (χ0) is 18.0. The minimum atomic E-state index is 0.529. The highest BCUT2D eigenvalue weighted by molar-refractivity contribution is 9.10. The first-order valence-corrected chi connectivity index (χ1v) is 9.97. The fraction of sp³-hybridized carbons (Fsp3) is 0.389. The number of halogens is 1. The lowest BCUT2D eigenvalue weighted by Crippen LogP contribution is -2.07. The molecule has 0 N–H and O–H groups in total. The maximum absolute atomic E-state index is 5.82. The van der Waals surface area contributed by atoms with E-state index in [1.54, 1.807) is 11.8 Å².